The summed E-state index contributed by atoms with van der Waals surface area (Å²) in [4.78, 5) is 4.01. The van der Waals surface area contributed by atoms with E-state index in [1.165, 1.54) is 6.20 Å². The van der Waals surface area contributed by atoms with Crippen molar-refractivity contribution in [3.8, 4) is 0 Å². The van der Waals surface area contributed by atoms with Gasteiger partial charge in [0.15, 0.2) is 0 Å². The third-order valence-electron chi connectivity index (χ3n) is 4.05. The molecule has 0 saturated carbocycles. The monoisotopic (exact) mass is 398 g/mol. The van der Waals surface area contributed by atoms with Gasteiger partial charge in [-0.2, -0.15) is 0 Å². The van der Waals surface area contributed by atoms with Crippen molar-refractivity contribution in [3.63, 3.8) is 0 Å². The van der Waals surface area contributed by atoms with Crippen LogP contribution >= 0.6 is 23.2 Å². The summed E-state index contributed by atoms with van der Waals surface area (Å²) in [6.07, 6.45) is 1.84. The average Bonchev–Trinajstić information content (AvgIpc) is 2.69. The molecule has 4 nitrogen and oxygen atoms in total. The van der Waals surface area contributed by atoms with Crippen molar-refractivity contribution in [2.45, 2.75) is 6.10 Å². The highest BCUT2D eigenvalue weighted by atomic mass is 35.5. The molecule has 6 heteroatoms. The van der Waals surface area contributed by atoms with Gasteiger partial charge in [0.25, 0.3) is 0 Å². The van der Waals surface area contributed by atoms with Crippen LogP contribution in [0.25, 0.3) is 5.76 Å². The Morgan fingerprint density at radius 2 is 1.44 bits per heavy atom. The van der Waals surface area contributed by atoms with Crippen molar-refractivity contribution in [1.82, 2.24) is 4.98 Å². The maximum absolute atomic E-state index is 10.9. The van der Waals surface area contributed by atoms with E-state index in [1.807, 2.05) is 0 Å². The maximum Gasteiger partial charge on any atom is 0.131 e. The molecular weight excluding hydrogens is 383 g/mol. The van der Waals surface area contributed by atoms with E-state index in [2.05, 4.69) is 4.98 Å². The molecule has 0 saturated heterocycles. The average molecular weight is 399 g/mol. The van der Waals surface area contributed by atoms with Crippen LogP contribution in [0.5, 0.6) is 0 Å². The molecule has 1 aromatic heterocycles. The first-order valence-electron chi connectivity index (χ1n) is 8.09. The highest BCUT2D eigenvalue weighted by Gasteiger charge is 2.24. The third-order valence-corrected chi connectivity index (χ3v) is 4.55. The van der Waals surface area contributed by atoms with E-state index in [4.69, 9.17) is 28.6 Å². The lowest BCUT2D eigenvalue weighted by molar-refractivity contribution is 0.219. The number of nitrogens with zero attached hydrogens (tertiary/aromatic N) is 1. The standard InChI is InChI=1S/C21H16Cl2N2O2/c22-16-7-3-13(4-8-16)19(24)18(21(27)15-2-1-11-25-12-15)20(26)14-5-9-17(23)10-6-14/h1-12,21,24,26-27H/b20-18+,24-19?. The minimum Gasteiger partial charge on any atom is -0.507 e. The van der Waals surface area contributed by atoms with Gasteiger partial charge in [0, 0.05) is 39.1 Å². The molecule has 2 aromatic carbocycles. The zero-order chi connectivity index (χ0) is 19.4. The summed E-state index contributed by atoms with van der Waals surface area (Å²) >= 11 is 11.8. The van der Waals surface area contributed by atoms with Crippen molar-refractivity contribution < 1.29 is 10.2 Å². The minimum absolute atomic E-state index is 0.0181. The van der Waals surface area contributed by atoms with Crippen molar-refractivity contribution >= 4 is 34.7 Å². The smallest absolute Gasteiger partial charge is 0.131 e. The lowest BCUT2D eigenvalue weighted by Gasteiger charge is -2.19. The van der Waals surface area contributed by atoms with Gasteiger partial charge in [-0.05, 0) is 42.5 Å². The molecule has 3 N–H and O–H groups in total. The number of pyridine rings is 1. The topological polar surface area (TPSA) is 77.2 Å². The zero-order valence-electron chi connectivity index (χ0n) is 14.1. The van der Waals surface area contributed by atoms with Crippen LogP contribution < -0.4 is 0 Å². The summed E-state index contributed by atoms with van der Waals surface area (Å²) in [7, 11) is 0. The second kappa shape index (κ2) is 8.35. The SMILES string of the molecule is N=C(/C(=C(\O)c1ccc(Cl)cc1)C(O)c1cccnc1)c1ccc(Cl)cc1. The van der Waals surface area contributed by atoms with Gasteiger partial charge < -0.3 is 10.2 Å². The Balaban J connectivity index is 2.13. The van der Waals surface area contributed by atoms with Crippen LogP contribution in [0.2, 0.25) is 10.0 Å². The first-order valence-corrected chi connectivity index (χ1v) is 8.85. The van der Waals surface area contributed by atoms with Crippen LogP contribution in [0.15, 0.2) is 78.6 Å². The van der Waals surface area contributed by atoms with E-state index < -0.39 is 6.10 Å². The summed E-state index contributed by atoms with van der Waals surface area (Å²) in [5.41, 5.74) is 1.46. The summed E-state index contributed by atoms with van der Waals surface area (Å²) in [6.45, 7) is 0. The fraction of sp³-hybridized carbons (Fsp3) is 0.0476. The number of aromatic nitrogens is 1. The summed E-state index contributed by atoms with van der Waals surface area (Å²) in [5, 5.41) is 31.4. The van der Waals surface area contributed by atoms with Crippen LogP contribution in [-0.2, 0) is 0 Å². The Hall–Kier alpha value is -2.66. The molecular formula is C21H16Cl2N2O2. The lowest BCUT2D eigenvalue weighted by Crippen LogP contribution is -2.15. The first kappa shape index (κ1) is 19.1. The predicted octanol–water partition coefficient (Wildman–Crippen LogP) is 5.46. The van der Waals surface area contributed by atoms with Crippen molar-refractivity contribution in [3.05, 3.63) is 105 Å². The largest absolute Gasteiger partial charge is 0.507 e. The molecule has 1 unspecified atom stereocenters. The molecule has 0 aliphatic carbocycles. The number of benzene rings is 2. The van der Waals surface area contributed by atoms with E-state index in [0.717, 1.165) is 0 Å². The number of hydrogen-bond donors (Lipinski definition) is 3. The molecule has 136 valence electrons. The Morgan fingerprint density at radius 3 is 1.96 bits per heavy atom. The molecule has 0 radical (unpaired) electrons. The molecule has 1 atom stereocenters. The maximum atomic E-state index is 10.9. The van der Waals surface area contributed by atoms with E-state index in [9.17, 15) is 10.2 Å². The minimum atomic E-state index is -1.24. The molecule has 27 heavy (non-hydrogen) atoms. The van der Waals surface area contributed by atoms with Gasteiger partial charge in [0.2, 0.25) is 0 Å². The highest BCUT2D eigenvalue weighted by molar-refractivity contribution is 6.31. The van der Waals surface area contributed by atoms with Crippen LogP contribution in [0.4, 0.5) is 0 Å². The summed E-state index contributed by atoms with van der Waals surface area (Å²) in [6, 6.07) is 16.5. The summed E-state index contributed by atoms with van der Waals surface area (Å²) < 4.78 is 0. The summed E-state index contributed by atoms with van der Waals surface area (Å²) in [5.74, 6) is -0.206. The molecule has 3 rings (SSSR count). The van der Waals surface area contributed by atoms with Gasteiger partial charge in [-0.1, -0.05) is 41.4 Å². The molecule has 1 heterocycles. The Bertz CT molecular complexity index is 969. The third kappa shape index (κ3) is 4.37. The zero-order valence-corrected chi connectivity index (χ0v) is 15.6. The molecule has 0 aliphatic rings. The number of hydrogen-bond acceptors (Lipinski definition) is 4. The molecule has 3 aromatic rings. The van der Waals surface area contributed by atoms with Gasteiger partial charge in [-0.25, -0.2) is 0 Å². The van der Waals surface area contributed by atoms with Gasteiger partial charge in [-0.3, -0.25) is 10.4 Å². The number of nitrogens with one attached hydrogen (secondary N) is 1. The van der Waals surface area contributed by atoms with Gasteiger partial charge >= 0.3 is 0 Å². The van der Waals surface area contributed by atoms with Crippen LogP contribution in [0.1, 0.15) is 22.8 Å². The Kier molecular flexibility index (Phi) is 5.91. The quantitative estimate of drug-likeness (QED) is 0.394. The Labute approximate surface area is 166 Å². The van der Waals surface area contributed by atoms with Crippen molar-refractivity contribution in [2.75, 3.05) is 0 Å². The van der Waals surface area contributed by atoms with Gasteiger partial charge in [-0.15, -0.1) is 0 Å². The molecule has 0 bridgehead atoms. The second-order valence-electron chi connectivity index (χ2n) is 5.84. The van der Waals surface area contributed by atoms with E-state index in [1.54, 1.807) is 66.9 Å². The van der Waals surface area contributed by atoms with Crippen LogP contribution in [0.3, 0.4) is 0 Å². The lowest BCUT2D eigenvalue weighted by atomic mass is 9.91. The molecule has 0 fully saturated rings. The molecule has 0 spiro atoms. The second-order valence-corrected chi connectivity index (χ2v) is 6.71. The number of rotatable bonds is 5. The van der Waals surface area contributed by atoms with Crippen LogP contribution in [0, 0.1) is 5.41 Å². The number of aliphatic hydroxyl groups is 2. The number of aliphatic hydroxyl groups excluding tert-OH is 2. The van der Waals surface area contributed by atoms with Crippen molar-refractivity contribution in [1.29, 1.82) is 5.41 Å². The Morgan fingerprint density at radius 1 is 0.889 bits per heavy atom. The fourth-order valence-corrected chi connectivity index (χ4v) is 2.88. The normalized spacial score (nSPS) is 13.0. The molecule has 0 aliphatic heterocycles. The first-order chi connectivity index (χ1) is 13.0. The van der Waals surface area contributed by atoms with E-state index in [0.29, 0.717) is 26.7 Å². The predicted molar refractivity (Wildman–Crippen MR) is 108 cm³/mol. The van der Waals surface area contributed by atoms with Gasteiger partial charge in [0.1, 0.15) is 11.9 Å². The number of halogens is 2. The van der Waals surface area contributed by atoms with Crippen LogP contribution in [-0.4, -0.2) is 20.9 Å². The van der Waals surface area contributed by atoms with Crippen molar-refractivity contribution in [2.24, 2.45) is 0 Å². The fourth-order valence-electron chi connectivity index (χ4n) is 2.62. The van der Waals surface area contributed by atoms with Gasteiger partial charge in [0.05, 0.1) is 11.3 Å². The molecule has 0 amide bonds. The van der Waals surface area contributed by atoms with E-state index >= 15 is 0 Å². The van der Waals surface area contributed by atoms with E-state index in [-0.39, 0.29) is 17.0 Å². The highest BCUT2D eigenvalue weighted by Crippen LogP contribution is 2.31.